The number of nitrogens with two attached hydrogens (primary N) is 1. The minimum Gasteiger partial charge on any atom is -0.381 e. The second kappa shape index (κ2) is 6.61. The van der Waals surface area contributed by atoms with Crippen LogP contribution < -0.4 is 10.6 Å². The molecule has 4 nitrogen and oxygen atoms in total. The zero-order valence-electron chi connectivity index (χ0n) is 12.1. The Labute approximate surface area is 124 Å². The van der Waals surface area contributed by atoms with Crippen LogP contribution in [0.5, 0.6) is 0 Å². The highest BCUT2D eigenvalue weighted by molar-refractivity contribution is 7.98. The standard InChI is InChI=1S/C15H22N2O2S/c1-17(12-3-5-13(20-2)6-4-12)14(18)15(11-16)7-9-19-10-8-15/h3-6H,7-11,16H2,1-2H3. The van der Waals surface area contributed by atoms with Gasteiger partial charge in [0.1, 0.15) is 0 Å². The number of hydrogen-bond acceptors (Lipinski definition) is 4. The van der Waals surface area contributed by atoms with Crippen LogP contribution in [-0.2, 0) is 9.53 Å². The molecule has 1 saturated heterocycles. The van der Waals surface area contributed by atoms with Crippen LogP contribution >= 0.6 is 11.8 Å². The molecule has 0 aromatic heterocycles. The molecule has 2 N–H and O–H groups in total. The summed E-state index contributed by atoms with van der Waals surface area (Å²) in [7, 11) is 1.82. The molecular weight excluding hydrogens is 272 g/mol. The van der Waals surface area contributed by atoms with Gasteiger partial charge in [-0.05, 0) is 43.4 Å². The van der Waals surface area contributed by atoms with E-state index in [1.165, 1.54) is 4.90 Å². The monoisotopic (exact) mass is 294 g/mol. The summed E-state index contributed by atoms with van der Waals surface area (Å²) in [6.45, 7) is 1.60. The number of benzene rings is 1. The van der Waals surface area contributed by atoms with Crippen molar-refractivity contribution < 1.29 is 9.53 Å². The van der Waals surface area contributed by atoms with Gasteiger partial charge in [0.15, 0.2) is 0 Å². The van der Waals surface area contributed by atoms with Gasteiger partial charge in [0.2, 0.25) is 5.91 Å². The van der Waals surface area contributed by atoms with Crippen molar-refractivity contribution >= 4 is 23.4 Å². The van der Waals surface area contributed by atoms with Crippen molar-refractivity contribution in [3.8, 4) is 0 Å². The predicted octanol–water partition coefficient (Wildman–Crippen LogP) is 2.13. The largest absolute Gasteiger partial charge is 0.381 e. The zero-order chi connectivity index (χ0) is 14.6. The average Bonchev–Trinajstić information content (AvgIpc) is 2.54. The van der Waals surface area contributed by atoms with E-state index in [-0.39, 0.29) is 5.91 Å². The van der Waals surface area contributed by atoms with E-state index >= 15 is 0 Å². The summed E-state index contributed by atoms with van der Waals surface area (Å²) in [4.78, 5) is 15.7. The molecule has 1 amide bonds. The number of amides is 1. The van der Waals surface area contributed by atoms with Crippen LogP contribution in [0.4, 0.5) is 5.69 Å². The number of carbonyl (C=O) groups excluding carboxylic acids is 1. The SMILES string of the molecule is CSc1ccc(N(C)C(=O)C2(CN)CCOCC2)cc1. The van der Waals surface area contributed by atoms with Gasteiger partial charge in [0, 0.05) is 37.4 Å². The lowest BCUT2D eigenvalue weighted by Crippen LogP contribution is -2.49. The van der Waals surface area contributed by atoms with Gasteiger partial charge in [-0.3, -0.25) is 4.79 Å². The van der Waals surface area contributed by atoms with Gasteiger partial charge in [-0.25, -0.2) is 0 Å². The smallest absolute Gasteiger partial charge is 0.234 e. The van der Waals surface area contributed by atoms with E-state index in [1.807, 2.05) is 37.6 Å². The summed E-state index contributed by atoms with van der Waals surface area (Å²) in [6.07, 6.45) is 3.44. The Bertz CT molecular complexity index is 455. The van der Waals surface area contributed by atoms with E-state index in [9.17, 15) is 4.79 Å². The third-order valence-electron chi connectivity index (χ3n) is 4.06. The maximum Gasteiger partial charge on any atom is 0.234 e. The highest BCUT2D eigenvalue weighted by Crippen LogP contribution is 2.33. The minimum atomic E-state index is -0.467. The van der Waals surface area contributed by atoms with Crippen molar-refractivity contribution in [2.24, 2.45) is 11.1 Å². The first kappa shape index (κ1) is 15.4. The second-order valence-electron chi connectivity index (χ2n) is 5.16. The molecule has 2 rings (SSSR count). The molecule has 1 aromatic carbocycles. The third-order valence-corrected chi connectivity index (χ3v) is 4.80. The molecule has 0 spiro atoms. The molecule has 1 aromatic rings. The molecule has 0 radical (unpaired) electrons. The van der Waals surface area contributed by atoms with E-state index in [1.54, 1.807) is 16.7 Å². The highest BCUT2D eigenvalue weighted by Gasteiger charge is 2.40. The molecule has 1 aliphatic rings. The molecule has 110 valence electrons. The molecule has 0 unspecified atom stereocenters. The van der Waals surface area contributed by atoms with Crippen LogP contribution in [0.15, 0.2) is 29.2 Å². The first-order valence-electron chi connectivity index (χ1n) is 6.83. The van der Waals surface area contributed by atoms with E-state index in [0.29, 0.717) is 32.6 Å². The van der Waals surface area contributed by atoms with Crippen LogP contribution in [0.3, 0.4) is 0 Å². The summed E-state index contributed by atoms with van der Waals surface area (Å²) in [5, 5.41) is 0. The van der Waals surface area contributed by atoms with Gasteiger partial charge >= 0.3 is 0 Å². The van der Waals surface area contributed by atoms with Crippen molar-refractivity contribution in [3.05, 3.63) is 24.3 Å². The van der Waals surface area contributed by atoms with Crippen LogP contribution in [-0.4, -0.2) is 39.0 Å². The van der Waals surface area contributed by atoms with E-state index in [4.69, 9.17) is 10.5 Å². The number of hydrogen-bond donors (Lipinski definition) is 1. The second-order valence-corrected chi connectivity index (χ2v) is 6.04. The molecule has 1 aliphatic heterocycles. The number of nitrogens with zero attached hydrogens (tertiary/aromatic N) is 1. The zero-order valence-corrected chi connectivity index (χ0v) is 12.9. The Hall–Kier alpha value is -1.04. The van der Waals surface area contributed by atoms with Gasteiger partial charge in [-0.2, -0.15) is 0 Å². The van der Waals surface area contributed by atoms with Crippen molar-refractivity contribution in [1.29, 1.82) is 0 Å². The Morgan fingerprint density at radius 2 is 1.95 bits per heavy atom. The summed E-state index contributed by atoms with van der Waals surface area (Å²) in [5.41, 5.74) is 6.34. The molecular formula is C15H22N2O2S. The quantitative estimate of drug-likeness (QED) is 0.864. The van der Waals surface area contributed by atoms with Gasteiger partial charge < -0.3 is 15.4 Å². The van der Waals surface area contributed by atoms with Crippen molar-refractivity contribution in [3.63, 3.8) is 0 Å². The first-order chi connectivity index (χ1) is 9.63. The summed E-state index contributed by atoms with van der Waals surface area (Å²) in [5.74, 6) is 0.0974. The third kappa shape index (κ3) is 3.00. The summed E-state index contributed by atoms with van der Waals surface area (Å²) < 4.78 is 5.36. The van der Waals surface area contributed by atoms with Crippen LogP contribution in [0.25, 0.3) is 0 Å². The Kier molecular flexibility index (Phi) is 5.07. The molecule has 20 heavy (non-hydrogen) atoms. The lowest BCUT2D eigenvalue weighted by molar-refractivity contribution is -0.132. The topological polar surface area (TPSA) is 55.6 Å². The lowest BCUT2D eigenvalue weighted by Gasteiger charge is -2.37. The highest BCUT2D eigenvalue weighted by atomic mass is 32.2. The average molecular weight is 294 g/mol. The molecule has 0 bridgehead atoms. The molecule has 1 heterocycles. The van der Waals surface area contributed by atoms with Crippen molar-refractivity contribution in [2.75, 3.05) is 38.0 Å². The maximum absolute atomic E-state index is 12.8. The fourth-order valence-electron chi connectivity index (χ4n) is 2.55. The number of thioether (sulfide) groups is 1. The van der Waals surface area contributed by atoms with E-state index < -0.39 is 5.41 Å². The van der Waals surface area contributed by atoms with Crippen molar-refractivity contribution in [2.45, 2.75) is 17.7 Å². The fourth-order valence-corrected chi connectivity index (χ4v) is 2.95. The Morgan fingerprint density at radius 1 is 1.35 bits per heavy atom. The van der Waals surface area contributed by atoms with Crippen LogP contribution in [0.2, 0.25) is 0 Å². The van der Waals surface area contributed by atoms with Crippen molar-refractivity contribution in [1.82, 2.24) is 0 Å². The fraction of sp³-hybridized carbons (Fsp3) is 0.533. The van der Waals surface area contributed by atoms with Gasteiger partial charge in [-0.15, -0.1) is 11.8 Å². The maximum atomic E-state index is 12.8. The number of rotatable bonds is 4. The summed E-state index contributed by atoms with van der Waals surface area (Å²) >= 11 is 1.69. The minimum absolute atomic E-state index is 0.0974. The molecule has 0 atom stereocenters. The molecule has 1 fully saturated rings. The lowest BCUT2D eigenvalue weighted by atomic mass is 9.79. The van der Waals surface area contributed by atoms with Gasteiger partial charge in [0.05, 0.1) is 5.41 Å². The normalized spacial score (nSPS) is 17.8. The molecule has 0 aliphatic carbocycles. The van der Waals surface area contributed by atoms with E-state index in [2.05, 4.69) is 0 Å². The molecule has 5 heteroatoms. The van der Waals surface area contributed by atoms with E-state index in [0.717, 1.165) is 5.69 Å². The predicted molar refractivity (Wildman–Crippen MR) is 83.2 cm³/mol. The van der Waals surface area contributed by atoms with Gasteiger partial charge in [0.25, 0.3) is 0 Å². The molecule has 0 saturated carbocycles. The Balaban J connectivity index is 2.17. The number of anilines is 1. The van der Waals surface area contributed by atoms with Crippen LogP contribution in [0, 0.1) is 5.41 Å². The summed E-state index contributed by atoms with van der Waals surface area (Å²) in [6, 6.07) is 8.02. The number of carbonyl (C=O) groups is 1. The first-order valence-corrected chi connectivity index (χ1v) is 8.05. The van der Waals surface area contributed by atoms with Gasteiger partial charge in [-0.1, -0.05) is 0 Å². The number of ether oxygens (including phenoxy) is 1. The van der Waals surface area contributed by atoms with Crippen LogP contribution in [0.1, 0.15) is 12.8 Å². The Morgan fingerprint density at radius 3 is 2.45 bits per heavy atom.